The van der Waals surface area contributed by atoms with Crippen molar-refractivity contribution in [2.45, 2.75) is 25.6 Å². The molecule has 1 aliphatic rings. The van der Waals surface area contributed by atoms with Crippen molar-refractivity contribution in [2.75, 3.05) is 6.61 Å². The van der Waals surface area contributed by atoms with E-state index in [1.807, 2.05) is 0 Å². The van der Waals surface area contributed by atoms with Crippen LogP contribution in [0.25, 0.3) is 11.1 Å². The van der Waals surface area contributed by atoms with Crippen molar-refractivity contribution in [3.05, 3.63) is 69.4 Å². The molecule has 0 saturated carbocycles. The second kappa shape index (κ2) is 8.67. The summed E-state index contributed by atoms with van der Waals surface area (Å²) >= 11 is 6.36. The van der Waals surface area contributed by atoms with Gasteiger partial charge >= 0.3 is 18.2 Å². The number of alkyl halides is 3. The second-order valence-corrected chi connectivity index (χ2v) is 7.32. The highest BCUT2D eigenvalue weighted by atomic mass is 35.5. The van der Waals surface area contributed by atoms with Gasteiger partial charge in [0.25, 0.3) is 0 Å². The maximum absolute atomic E-state index is 12.3. The van der Waals surface area contributed by atoms with Gasteiger partial charge in [-0.05, 0) is 39.8 Å². The molecule has 1 aliphatic heterocycles. The first kappa shape index (κ1) is 21.9. The average molecular weight is 470 g/mol. The number of imidazole rings is 1. The first-order chi connectivity index (χ1) is 15.2. The van der Waals surface area contributed by atoms with E-state index in [9.17, 15) is 23.3 Å². The molecule has 168 valence electrons. The third-order valence-electron chi connectivity index (χ3n) is 4.66. The third-order valence-corrected chi connectivity index (χ3v) is 5.01. The Bertz CT molecular complexity index is 1130. The molecule has 0 aliphatic carbocycles. The highest BCUT2D eigenvalue weighted by Crippen LogP contribution is 2.30. The molecule has 0 spiro atoms. The summed E-state index contributed by atoms with van der Waals surface area (Å²) < 4.78 is 53.5. The van der Waals surface area contributed by atoms with Crippen LogP contribution in [0, 0.1) is 10.1 Å². The Morgan fingerprint density at radius 1 is 1.22 bits per heavy atom. The largest absolute Gasteiger partial charge is 0.573 e. The van der Waals surface area contributed by atoms with Gasteiger partial charge in [0.1, 0.15) is 24.7 Å². The minimum atomic E-state index is -4.75. The third kappa shape index (κ3) is 5.11. The topological polar surface area (TPSA) is 88.7 Å². The number of halogens is 4. The molecule has 0 saturated heterocycles. The summed E-state index contributed by atoms with van der Waals surface area (Å²) in [6, 6.07) is 10.9. The molecule has 0 bridgehead atoms. The van der Waals surface area contributed by atoms with Crippen LogP contribution in [0.3, 0.4) is 0 Å². The highest BCUT2D eigenvalue weighted by molar-refractivity contribution is 6.31. The van der Waals surface area contributed by atoms with Gasteiger partial charge in [-0.25, -0.2) is 0 Å². The zero-order valence-electron chi connectivity index (χ0n) is 16.2. The maximum atomic E-state index is 12.3. The Kier molecular flexibility index (Phi) is 5.94. The van der Waals surface area contributed by atoms with Gasteiger partial charge in [0.05, 0.1) is 13.2 Å². The van der Waals surface area contributed by atoms with E-state index in [1.165, 1.54) is 35.0 Å². The molecule has 3 aromatic rings. The number of fused-ring (bicyclic) bond motifs is 1. The van der Waals surface area contributed by atoms with Crippen LogP contribution in [0.15, 0.2) is 48.7 Å². The first-order valence-electron chi connectivity index (χ1n) is 9.28. The minimum Gasteiger partial charge on any atom is -0.443 e. The molecular weight excluding hydrogens is 455 g/mol. The van der Waals surface area contributed by atoms with Crippen molar-refractivity contribution in [1.82, 2.24) is 9.55 Å². The normalized spacial score (nSPS) is 15.7. The van der Waals surface area contributed by atoms with Crippen molar-refractivity contribution in [3.8, 4) is 22.9 Å². The minimum absolute atomic E-state index is 0.172. The van der Waals surface area contributed by atoms with Crippen LogP contribution >= 0.6 is 11.6 Å². The van der Waals surface area contributed by atoms with Crippen LogP contribution in [0.2, 0.25) is 5.02 Å². The molecule has 12 heteroatoms. The Morgan fingerprint density at radius 2 is 1.94 bits per heavy atom. The van der Waals surface area contributed by atoms with Crippen molar-refractivity contribution in [3.63, 3.8) is 0 Å². The zero-order chi connectivity index (χ0) is 22.9. The number of nitro groups is 1. The number of benzene rings is 2. The predicted molar refractivity (Wildman–Crippen MR) is 107 cm³/mol. The first-order valence-corrected chi connectivity index (χ1v) is 9.66. The van der Waals surface area contributed by atoms with E-state index in [4.69, 9.17) is 21.1 Å². The molecule has 0 amide bonds. The number of rotatable bonds is 6. The summed E-state index contributed by atoms with van der Waals surface area (Å²) in [4.78, 5) is 14.0. The summed E-state index contributed by atoms with van der Waals surface area (Å²) in [7, 11) is 0. The SMILES string of the molecule is O=[N+]([O-])c1cn2c(n1)OC[C@@H](OCc1ccc(-c3ccc(OC(F)(F)F)cc3)cc1Cl)C2. The monoisotopic (exact) mass is 469 g/mol. The lowest BCUT2D eigenvalue weighted by atomic mass is 10.0. The van der Waals surface area contributed by atoms with Gasteiger partial charge < -0.3 is 24.3 Å². The van der Waals surface area contributed by atoms with Crippen LogP contribution in [0.4, 0.5) is 19.0 Å². The van der Waals surface area contributed by atoms with Crippen LogP contribution in [0.5, 0.6) is 11.8 Å². The molecule has 1 aromatic heterocycles. The molecule has 1 atom stereocenters. The Hall–Kier alpha value is -3.31. The Balaban J connectivity index is 1.38. The van der Waals surface area contributed by atoms with E-state index in [2.05, 4.69) is 9.72 Å². The summed E-state index contributed by atoms with van der Waals surface area (Å²) in [5.74, 6) is -0.601. The molecule has 0 N–H and O–H groups in total. The van der Waals surface area contributed by atoms with Crippen molar-refractivity contribution < 1.29 is 32.3 Å². The van der Waals surface area contributed by atoms with E-state index < -0.39 is 11.3 Å². The van der Waals surface area contributed by atoms with Gasteiger partial charge in [-0.2, -0.15) is 0 Å². The van der Waals surface area contributed by atoms with Gasteiger partial charge in [-0.3, -0.25) is 4.57 Å². The van der Waals surface area contributed by atoms with E-state index in [0.717, 1.165) is 0 Å². The molecule has 8 nitrogen and oxygen atoms in total. The number of hydrogen-bond acceptors (Lipinski definition) is 6. The van der Waals surface area contributed by atoms with Gasteiger partial charge in [-0.1, -0.05) is 35.9 Å². The van der Waals surface area contributed by atoms with E-state index >= 15 is 0 Å². The fourth-order valence-corrected chi connectivity index (χ4v) is 3.40. The van der Waals surface area contributed by atoms with Gasteiger partial charge in [0.2, 0.25) is 0 Å². The summed E-state index contributed by atoms with van der Waals surface area (Å²) in [6.45, 7) is 0.714. The predicted octanol–water partition coefficient (Wildman–Crippen LogP) is 4.99. The van der Waals surface area contributed by atoms with Gasteiger partial charge in [0, 0.05) is 10.0 Å². The molecule has 2 aromatic carbocycles. The smallest absolute Gasteiger partial charge is 0.443 e. The molecule has 2 heterocycles. The average Bonchev–Trinajstić information content (AvgIpc) is 3.16. The van der Waals surface area contributed by atoms with Crippen molar-refractivity contribution >= 4 is 17.4 Å². The van der Waals surface area contributed by atoms with Crippen LogP contribution in [0.1, 0.15) is 5.56 Å². The highest BCUT2D eigenvalue weighted by Gasteiger charge is 2.31. The molecule has 0 fully saturated rings. The van der Waals surface area contributed by atoms with E-state index in [-0.39, 0.29) is 36.9 Å². The molecular formula is C20H15ClF3N3O5. The van der Waals surface area contributed by atoms with E-state index in [0.29, 0.717) is 28.3 Å². The van der Waals surface area contributed by atoms with Crippen LogP contribution < -0.4 is 9.47 Å². The van der Waals surface area contributed by atoms with Crippen LogP contribution in [-0.4, -0.2) is 33.5 Å². The Labute approximate surface area is 184 Å². The van der Waals surface area contributed by atoms with Crippen molar-refractivity contribution in [2.24, 2.45) is 0 Å². The number of aromatic nitrogens is 2. The molecule has 32 heavy (non-hydrogen) atoms. The number of hydrogen-bond donors (Lipinski definition) is 0. The summed E-state index contributed by atoms with van der Waals surface area (Å²) in [5.41, 5.74) is 2.09. The fraction of sp³-hybridized carbons (Fsp3) is 0.250. The summed E-state index contributed by atoms with van der Waals surface area (Å²) in [6.07, 6.45) is -3.81. The standard InChI is InChI=1S/C20H15ClF3N3O5/c21-17-7-13(12-3-5-15(6-4-12)32-20(22,23)24)1-2-14(17)10-30-16-8-26-9-18(27(28)29)25-19(26)31-11-16/h1-7,9,16H,8,10-11H2/t16-/m0/s1. The zero-order valence-corrected chi connectivity index (χ0v) is 17.0. The number of ether oxygens (including phenoxy) is 3. The fourth-order valence-electron chi connectivity index (χ4n) is 3.16. The van der Waals surface area contributed by atoms with Crippen LogP contribution in [-0.2, 0) is 17.9 Å². The maximum Gasteiger partial charge on any atom is 0.573 e. The van der Waals surface area contributed by atoms with Gasteiger partial charge in [0.15, 0.2) is 0 Å². The second-order valence-electron chi connectivity index (χ2n) is 6.91. The lowest BCUT2D eigenvalue weighted by molar-refractivity contribution is -0.389. The summed E-state index contributed by atoms with van der Waals surface area (Å²) in [5, 5.41) is 11.3. The van der Waals surface area contributed by atoms with E-state index in [1.54, 1.807) is 18.2 Å². The number of nitrogens with zero attached hydrogens (tertiary/aromatic N) is 3. The molecule has 0 radical (unpaired) electrons. The Morgan fingerprint density at radius 3 is 2.59 bits per heavy atom. The molecule has 0 unspecified atom stereocenters. The lowest BCUT2D eigenvalue weighted by Crippen LogP contribution is -2.32. The lowest BCUT2D eigenvalue weighted by Gasteiger charge is -2.22. The van der Waals surface area contributed by atoms with Crippen molar-refractivity contribution in [1.29, 1.82) is 0 Å². The molecule has 4 rings (SSSR count). The van der Waals surface area contributed by atoms with Gasteiger partial charge in [-0.15, -0.1) is 13.2 Å². The quantitative estimate of drug-likeness (QED) is 0.373.